The van der Waals surface area contributed by atoms with Gasteiger partial charge < -0.3 is 5.11 Å². The van der Waals surface area contributed by atoms with Crippen LogP contribution in [0.3, 0.4) is 0 Å². The topological polar surface area (TPSA) is 77.8 Å². The SMILES string of the molecule is Cc1ccc(S(=O)(=O)O)cc1.OC1CCN(C(c2ccccc2)(c2ccccc2)c2ccccc2)CC1. The van der Waals surface area contributed by atoms with Crippen molar-refractivity contribution < 1.29 is 18.1 Å². The average Bonchev–Trinajstić information content (AvgIpc) is 2.92. The van der Waals surface area contributed by atoms with E-state index in [0.717, 1.165) is 31.5 Å². The summed E-state index contributed by atoms with van der Waals surface area (Å²) in [6.07, 6.45) is 1.44. The number of rotatable bonds is 5. The Morgan fingerprint density at radius 3 is 1.41 bits per heavy atom. The Hall–Kier alpha value is -3.29. The number of benzene rings is 4. The molecule has 0 saturated carbocycles. The molecule has 0 aromatic heterocycles. The van der Waals surface area contributed by atoms with Crippen LogP contribution in [0.1, 0.15) is 35.1 Å². The Labute approximate surface area is 219 Å². The van der Waals surface area contributed by atoms with Crippen molar-refractivity contribution >= 4 is 10.1 Å². The maximum Gasteiger partial charge on any atom is 0.294 e. The zero-order valence-electron chi connectivity index (χ0n) is 20.9. The standard InChI is InChI=1S/C24H25NO.C7H8O3S/c26-23-16-18-25(19-17-23)24(20-10-4-1-5-11-20,21-12-6-2-7-13-21)22-14-8-3-9-15-22;1-6-2-4-7(5-3-6)11(8,9)10/h1-15,23,26H,16-19H2;2-5H,1H3,(H,8,9,10). The van der Waals surface area contributed by atoms with Crippen LogP contribution in [0.25, 0.3) is 0 Å². The van der Waals surface area contributed by atoms with Crippen LogP contribution in [0, 0.1) is 6.92 Å². The fourth-order valence-electron chi connectivity index (χ4n) is 5.00. The monoisotopic (exact) mass is 515 g/mol. The van der Waals surface area contributed by atoms with Gasteiger partial charge in [-0.05, 0) is 48.6 Å². The number of likely N-dealkylation sites (tertiary alicyclic amines) is 1. The Kier molecular flexibility index (Phi) is 8.56. The first-order valence-corrected chi connectivity index (χ1v) is 13.9. The van der Waals surface area contributed by atoms with E-state index in [0.29, 0.717) is 0 Å². The van der Waals surface area contributed by atoms with Gasteiger partial charge in [0.1, 0.15) is 0 Å². The van der Waals surface area contributed by atoms with Crippen LogP contribution in [0.5, 0.6) is 0 Å². The molecule has 1 saturated heterocycles. The number of nitrogens with zero attached hydrogens (tertiary/aromatic N) is 1. The normalized spacial score (nSPS) is 15.0. The quantitative estimate of drug-likeness (QED) is 0.264. The fourth-order valence-corrected chi connectivity index (χ4v) is 5.48. The summed E-state index contributed by atoms with van der Waals surface area (Å²) in [6, 6.07) is 38.3. The summed E-state index contributed by atoms with van der Waals surface area (Å²) in [7, 11) is -4.02. The van der Waals surface area contributed by atoms with Crippen molar-refractivity contribution in [2.24, 2.45) is 0 Å². The number of aliphatic hydroxyl groups is 1. The van der Waals surface area contributed by atoms with Crippen molar-refractivity contribution in [1.29, 1.82) is 0 Å². The van der Waals surface area contributed by atoms with Gasteiger partial charge in [0.15, 0.2) is 0 Å². The molecular weight excluding hydrogens is 482 g/mol. The van der Waals surface area contributed by atoms with E-state index in [1.54, 1.807) is 12.1 Å². The van der Waals surface area contributed by atoms with Gasteiger partial charge in [0.25, 0.3) is 10.1 Å². The molecule has 1 heterocycles. The lowest BCUT2D eigenvalue weighted by Gasteiger charge is -2.48. The van der Waals surface area contributed by atoms with E-state index < -0.39 is 10.1 Å². The Morgan fingerprint density at radius 2 is 1.05 bits per heavy atom. The van der Waals surface area contributed by atoms with Crippen molar-refractivity contribution in [2.75, 3.05) is 13.1 Å². The van der Waals surface area contributed by atoms with Crippen molar-refractivity contribution in [2.45, 2.75) is 36.3 Å². The number of hydrogen-bond acceptors (Lipinski definition) is 4. The fraction of sp³-hybridized carbons (Fsp3) is 0.226. The minimum absolute atomic E-state index is 0.0666. The molecule has 37 heavy (non-hydrogen) atoms. The summed E-state index contributed by atoms with van der Waals surface area (Å²) >= 11 is 0. The molecule has 4 aromatic carbocycles. The van der Waals surface area contributed by atoms with E-state index in [1.807, 2.05) is 6.92 Å². The van der Waals surface area contributed by atoms with Gasteiger partial charge in [-0.1, -0.05) is 109 Å². The lowest BCUT2D eigenvalue weighted by Crippen LogP contribution is -2.52. The highest BCUT2D eigenvalue weighted by Gasteiger charge is 2.43. The summed E-state index contributed by atoms with van der Waals surface area (Å²) in [5, 5.41) is 10.1. The molecule has 4 aromatic rings. The number of aryl methyl sites for hydroxylation is 1. The molecule has 0 radical (unpaired) electrons. The Balaban J connectivity index is 0.000000245. The molecule has 5 nitrogen and oxygen atoms in total. The molecule has 6 heteroatoms. The second kappa shape index (κ2) is 11.8. The van der Waals surface area contributed by atoms with E-state index in [9.17, 15) is 13.5 Å². The molecule has 1 aliphatic heterocycles. The van der Waals surface area contributed by atoms with Crippen molar-refractivity contribution in [1.82, 2.24) is 4.90 Å². The Bertz CT molecular complexity index is 1250. The lowest BCUT2D eigenvalue weighted by molar-refractivity contribution is 0.0450. The molecule has 1 aliphatic rings. The van der Waals surface area contributed by atoms with Crippen molar-refractivity contribution in [3.05, 3.63) is 138 Å². The largest absolute Gasteiger partial charge is 0.393 e. The van der Waals surface area contributed by atoms with Gasteiger partial charge in [-0.2, -0.15) is 8.42 Å². The Morgan fingerprint density at radius 1 is 0.676 bits per heavy atom. The number of hydrogen-bond donors (Lipinski definition) is 2. The first-order valence-electron chi connectivity index (χ1n) is 12.5. The molecule has 0 bridgehead atoms. The third kappa shape index (κ3) is 6.17. The molecule has 192 valence electrons. The van der Waals surface area contributed by atoms with E-state index in [2.05, 4.69) is 95.9 Å². The summed E-state index contributed by atoms with van der Waals surface area (Å²) in [5.74, 6) is 0. The predicted molar refractivity (Wildman–Crippen MR) is 147 cm³/mol. The van der Waals surface area contributed by atoms with Gasteiger partial charge in [0.2, 0.25) is 0 Å². The molecule has 0 atom stereocenters. The van der Waals surface area contributed by atoms with Gasteiger partial charge >= 0.3 is 0 Å². The van der Waals surface area contributed by atoms with E-state index in [1.165, 1.54) is 28.8 Å². The first kappa shape index (κ1) is 26.8. The lowest BCUT2D eigenvalue weighted by atomic mass is 9.74. The van der Waals surface area contributed by atoms with Gasteiger partial charge in [0, 0.05) is 13.1 Å². The van der Waals surface area contributed by atoms with E-state index >= 15 is 0 Å². The van der Waals surface area contributed by atoms with Crippen LogP contribution in [-0.4, -0.2) is 42.2 Å². The molecule has 0 spiro atoms. The second-order valence-corrected chi connectivity index (χ2v) is 10.7. The van der Waals surface area contributed by atoms with Crippen LogP contribution < -0.4 is 0 Å². The van der Waals surface area contributed by atoms with Crippen LogP contribution >= 0.6 is 0 Å². The maximum absolute atomic E-state index is 10.5. The maximum atomic E-state index is 10.5. The third-order valence-corrected chi connectivity index (χ3v) is 7.70. The third-order valence-electron chi connectivity index (χ3n) is 6.83. The van der Waals surface area contributed by atoms with Gasteiger partial charge in [-0.25, -0.2) is 0 Å². The van der Waals surface area contributed by atoms with Gasteiger partial charge in [0.05, 0.1) is 16.5 Å². The summed E-state index contributed by atoms with van der Waals surface area (Å²) in [4.78, 5) is 2.47. The van der Waals surface area contributed by atoms with Crippen LogP contribution in [0.4, 0.5) is 0 Å². The van der Waals surface area contributed by atoms with Gasteiger partial charge in [-0.3, -0.25) is 9.45 Å². The second-order valence-electron chi connectivity index (χ2n) is 9.31. The summed E-state index contributed by atoms with van der Waals surface area (Å²) in [6.45, 7) is 3.59. The van der Waals surface area contributed by atoms with Crippen molar-refractivity contribution in [3.63, 3.8) is 0 Å². The molecular formula is C31H33NO4S. The zero-order valence-corrected chi connectivity index (χ0v) is 21.8. The first-order chi connectivity index (χ1) is 17.8. The highest BCUT2D eigenvalue weighted by Crippen LogP contribution is 2.43. The number of aliphatic hydroxyl groups excluding tert-OH is 1. The molecule has 2 N–H and O–H groups in total. The van der Waals surface area contributed by atoms with Crippen molar-refractivity contribution in [3.8, 4) is 0 Å². The highest BCUT2D eigenvalue weighted by molar-refractivity contribution is 7.85. The van der Waals surface area contributed by atoms with E-state index in [4.69, 9.17) is 4.55 Å². The smallest absolute Gasteiger partial charge is 0.294 e. The minimum atomic E-state index is -4.02. The average molecular weight is 516 g/mol. The minimum Gasteiger partial charge on any atom is -0.393 e. The number of piperidine rings is 1. The highest BCUT2D eigenvalue weighted by atomic mass is 32.2. The summed E-state index contributed by atoms with van der Waals surface area (Å²) < 4.78 is 29.6. The van der Waals surface area contributed by atoms with Crippen LogP contribution in [0.15, 0.2) is 120 Å². The van der Waals surface area contributed by atoms with E-state index in [-0.39, 0.29) is 16.5 Å². The zero-order chi connectivity index (χ0) is 26.3. The molecule has 0 unspecified atom stereocenters. The van der Waals surface area contributed by atoms with Crippen LogP contribution in [0.2, 0.25) is 0 Å². The molecule has 5 rings (SSSR count). The molecule has 0 amide bonds. The predicted octanol–water partition coefficient (Wildman–Crippen LogP) is 5.68. The molecule has 1 fully saturated rings. The molecule has 0 aliphatic carbocycles. The van der Waals surface area contributed by atoms with Crippen LogP contribution in [-0.2, 0) is 15.7 Å². The van der Waals surface area contributed by atoms with Gasteiger partial charge in [-0.15, -0.1) is 0 Å². The summed E-state index contributed by atoms with van der Waals surface area (Å²) in [5.41, 5.74) is 4.43.